The van der Waals surface area contributed by atoms with E-state index in [0.29, 0.717) is 17.9 Å². The van der Waals surface area contributed by atoms with E-state index in [1.54, 1.807) is 4.90 Å². The van der Waals surface area contributed by atoms with Crippen molar-refractivity contribution in [3.8, 4) is 0 Å². The molecule has 5 aliphatic carbocycles. The van der Waals surface area contributed by atoms with Gasteiger partial charge in [0.1, 0.15) is 5.54 Å². The zero-order valence-corrected chi connectivity index (χ0v) is 15.6. The molecule has 0 unspecified atom stereocenters. The maximum Gasteiger partial charge on any atom is 0.325 e. The van der Waals surface area contributed by atoms with Crippen molar-refractivity contribution < 1.29 is 9.59 Å². The van der Waals surface area contributed by atoms with Gasteiger partial charge in [-0.05, 0) is 99.7 Å². The fourth-order valence-corrected chi connectivity index (χ4v) is 7.42. The van der Waals surface area contributed by atoms with E-state index in [1.807, 2.05) is 0 Å². The van der Waals surface area contributed by atoms with Crippen molar-refractivity contribution in [2.45, 2.75) is 83.1 Å². The van der Waals surface area contributed by atoms with Crippen LogP contribution in [0.25, 0.3) is 0 Å². The molecule has 0 radical (unpaired) electrons. The molecule has 0 atom stereocenters. The summed E-state index contributed by atoms with van der Waals surface area (Å²) in [6, 6.07) is -0.121. The Hall–Kier alpha value is -1.06. The molecule has 138 valence electrons. The summed E-state index contributed by atoms with van der Waals surface area (Å²) in [5.41, 5.74) is -0.128. The van der Waals surface area contributed by atoms with Crippen molar-refractivity contribution >= 4 is 11.9 Å². The quantitative estimate of drug-likeness (QED) is 0.784. The lowest BCUT2D eigenvalue weighted by molar-refractivity contribution is -0.133. The number of amides is 3. The average Bonchev–Trinajstić information content (AvgIpc) is 2.78. The minimum atomic E-state index is -0.564. The van der Waals surface area contributed by atoms with Gasteiger partial charge < -0.3 is 5.32 Å². The van der Waals surface area contributed by atoms with E-state index in [1.165, 1.54) is 38.5 Å². The molecule has 6 aliphatic rings. The van der Waals surface area contributed by atoms with Gasteiger partial charge in [-0.1, -0.05) is 6.92 Å². The van der Waals surface area contributed by atoms with Crippen LogP contribution in [0.4, 0.5) is 4.79 Å². The number of urea groups is 1. The van der Waals surface area contributed by atoms with Crippen LogP contribution in [-0.2, 0) is 4.79 Å². The van der Waals surface area contributed by atoms with E-state index < -0.39 is 5.54 Å². The zero-order valence-electron chi connectivity index (χ0n) is 15.6. The van der Waals surface area contributed by atoms with E-state index in [0.717, 1.165) is 49.9 Å². The van der Waals surface area contributed by atoms with E-state index in [-0.39, 0.29) is 11.9 Å². The predicted octanol–water partition coefficient (Wildman–Crippen LogP) is 4.09. The average molecular weight is 344 g/mol. The molecule has 4 heteroatoms. The Morgan fingerprint density at radius 2 is 1.56 bits per heavy atom. The minimum absolute atomic E-state index is 0.0779. The first kappa shape index (κ1) is 16.1. The topological polar surface area (TPSA) is 49.4 Å². The number of imide groups is 1. The lowest BCUT2D eigenvalue weighted by Gasteiger charge is -2.57. The second-order valence-electron chi connectivity index (χ2n) is 10.3. The van der Waals surface area contributed by atoms with Crippen molar-refractivity contribution in [2.24, 2.45) is 29.1 Å². The molecule has 5 saturated carbocycles. The van der Waals surface area contributed by atoms with Crippen molar-refractivity contribution in [2.75, 3.05) is 6.54 Å². The Labute approximate surface area is 151 Å². The fraction of sp³-hybridized carbons (Fsp3) is 0.905. The van der Waals surface area contributed by atoms with Crippen LogP contribution in [0.2, 0.25) is 0 Å². The molecule has 0 aromatic heterocycles. The first-order valence-electron chi connectivity index (χ1n) is 10.6. The van der Waals surface area contributed by atoms with Crippen molar-refractivity contribution in [1.82, 2.24) is 10.2 Å². The van der Waals surface area contributed by atoms with Crippen LogP contribution < -0.4 is 5.32 Å². The van der Waals surface area contributed by atoms with Gasteiger partial charge in [0.15, 0.2) is 0 Å². The predicted molar refractivity (Wildman–Crippen MR) is 95.8 cm³/mol. The Morgan fingerprint density at radius 3 is 2.12 bits per heavy atom. The smallest absolute Gasteiger partial charge is 0.323 e. The number of hydrogen-bond acceptors (Lipinski definition) is 2. The highest BCUT2D eigenvalue weighted by Crippen LogP contribution is 2.61. The molecule has 0 aromatic carbocycles. The number of carbonyl (C=O) groups is 2. The number of nitrogens with one attached hydrogen (secondary N) is 1. The molecule has 25 heavy (non-hydrogen) atoms. The molecule has 4 bridgehead atoms. The summed E-state index contributed by atoms with van der Waals surface area (Å²) in [6.07, 6.45) is 13.2. The molecule has 0 aromatic rings. The highest BCUT2D eigenvalue weighted by Gasteiger charge is 2.54. The van der Waals surface area contributed by atoms with E-state index in [9.17, 15) is 9.59 Å². The van der Waals surface area contributed by atoms with E-state index in [2.05, 4.69) is 12.2 Å². The SMILES string of the molecule is CC1CCC2(CC1)NC(=O)N(CCC13CC4CC(CC(C4)C1)C3)C2=O. The van der Waals surface area contributed by atoms with E-state index in [4.69, 9.17) is 0 Å². The highest BCUT2D eigenvalue weighted by atomic mass is 16.2. The number of carbonyl (C=O) groups excluding carboxylic acids is 2. The summed E-state index contributed by atoms with van der Waals surface area (Å²) in [5.74, 6) is 3.55. The molecule has 1 aliphatic heterocycles. The monoisotopic (exact) mass is 344 g/mol. The van der Waals surface area contributed by atoms with Gasteiger partial charge in [-0.2, -0.15) is 0 Å². The standard InChI is InChI=1S/C21H32N2O2/c1-14-2-4-21(5-3-14)18(24)23(19(25)22-21)7-6-20-11-15-8-16(12-20)10-17(9-15)13-20/h14-17H,2-13H2,1H3,(H,22,25). The Bertz CT molecular complexity index is 555. The lowest BCUT2D eigenvalue weighted by atomic mass is 9.49. The summed E-state index contributed by atoms with van der Waals surface area (Å²) in [5, 5.41) is 3.09. The molecule has 6 fully saturated rings. The molecule has 3 amide bonds. The molecular formula is C21H32N2O2. The van der Waals surface area contributed by atoms with Crippen LogP contribution in [0.1, 0.15) is 77.6 Å². The molecular weight excluding hydrogens is 312 g/mol. The van der Waals surface area contributed by atoms with Crippen LogP contribution in [0.3, 0.4) is 0 Å². The van der Waals surface area contributed by atoms with Crippen LogP contribution in [0.15, 0.2) is 0 Å². The zero-order chi connectivity index (χ0) is 17.2. The van der Waals surface area contributed by atoms with Gasteiger partial charge in [-0.3, -0.25) is 9.69 Å². The van der Waals surface area contributed by atoms with Gasteiger partial charge in [0.2, 0.25) is 0 Å². The second-order valence-corrected chi connectivity index (χ2v) is 10.3. The summed E-state index contributed by atoms with van der Waals surface area (Å²) in [4.78, 5) is 27.2. The van der Waals surface area contributed by atoms with Crippen molar-refractivity contribution in [3.05, 3.63) is 0 Å². The summed E-state index contributed by atoms with van der Waals surface area (Å²) >= 11 is 0. The minimum Gasteiger partial charge on any atom is -0.323 e. The Balaban J connectivity index is 1.27. The van der Waals surface area contributed by atoms with Crippen LogP contribution in [-0.4, -0.2) is 28.9 Å². The second kappa shape index (κ2) is 5.47. The number of nitrogens with zero attached hydrogens (tertiary/aromatic N) is 1. The van der Waals surface area contributed by atoms with Gasteiger partial charge in [0.05, 0.1) is 0 Å². The van der Waals surface area contributed by atoms with E-state index >= 15 is 0 Å². The molecule has 1 spiro atoms. The van der Waals surface area contributed by atoms with Crippen LogP contribution in [0.5, 0.6) is 0 Å². The third-order valence-corrected chi connectivity index (χ3v) is 8.40. The first-order chi connectivity index (χ1) is 12.0. The Morgan fingerprint density at radius 1 is 1.00 bits per heavy atom. The molecule has 1 saturated heterocycles. The summed E-state index contributed by atoms with van der Waals surface area (Å²) in [7, 11) is 0. The summed E-state index contributed by atoms with van der Waals surface area (Å²) < 4.78 is 0. The maximum atomic E-state index is 13.1. The van der Waals surface area contributed by atoms with Gasteiger partial charge >= 0.3 is 6.03 Å². The van der Waals surface area contributed by atoms with Crippen molar-refractivity contribution in [1.29, 1.82) is 0 Å². The molecule has 1 N–H and O–H groups in total. The molecule has 6 rings (SSSR count). The molecule has 1 heterocycles. The van der Waals surface area contributed by atoms with Gasteiger partial charge in [0, 0.05) is 6.54 Å². The van der Waals surface area contributed by atoms with Crippen LogP contribution in [0, 0.1) is 29.1 Å². The van der Waals surface area contributed by atoms with Gasteiger partial charge in [0.25, 0.3) is 5.91 Å². The number of rotatable bonds is 3. The molecule has 4 nitrogen and oxygen atoms in total. The van der Waals surface area contributed by atoms with Gasteiger partial charge in [-0.25, -0.2) is 4.79 Å². The third kappa shape index (κ3) is 2.54. The normalized spacial score (nSPS) is 48.4. The van der Waals surface area contributed by atoms with Crippen LogP contribution >= 0.6 is 0 Å². The van der Waals surface area contributed by atoms with Gasteiger partial charge in [-0.15, -0.1) is 0 Å². The maximum absolute atomic E-state index is 13.1. The summed E-state index contributed by atoms with van der Waals surface area (Å²) in [6.45, 7) is 2.90. The number of hydrogen-bond donors (Lipinski definition) is 1. The first-order valence-corrected chi connectivity index (χ1v) is 10.6. The van der Waals surface area contributed by atoms with Crippen molar-refractivity contribution in [3.63, 3.8) is 0 Å². The lowest BCUT2D eigenvalue weighted by Crippen LogP contribution is -2.50. The fourth-order valence-electron chi connectivity index (χ4n) is 7.42. The highest BCUT2D eigenvalue weighted by molar-refractivity contribution is 6.07. The third-order valence-electron chi connectivity index (χ3n) is 8.40. The largest absolute Gasteiger partial charge is 0.325 e. The Kier molecular flexibility index (Phi) is 3.53.